The van der Waals surface area contributed by atoms with Crippen LogP contribution in [0.5, 0.6) is 0 Å². The van der Waals surface area contributed by atoms with Crippen LogP contribution < -0.4 is 17.3 Å². The van der Waals surface area contributed by atoms with Crippen molar-refractivity contribution in [3.05, 3.63) is 28.7 Å². The number of carboxylic acid groups (broad SMARTS) is 1. The first-order valence-electron chi connectivity index (χ1n) is 5.11. The Balaban J connectivity index is 0.00000256. The van der Waals surface area contributed by atoms with E-state index >= 15 is 0 Å². The van der Waals surface area contributed by atoms with Crippen LogP contribution in [0.2, 0.25) is 0 Å². The highest BCUT2D eigenvalue weighted by Gasteiger charge is 2.21. The van der Waals surface area contributed by atoms with Crippen molar-refractivity contribution in [2.45, 2.75) is 13.8 Å². The van der Waals surface area contributed by atoms with Gasteiger partial charge < -0.3 is 22.4 Å². The maximum atomic E-state index is 10.9. The Kier molecular flexibility index (Phi) is 6.00. The molecule has 0 aliphatic heterocycles. The third kappa shape index (κ3) is 3.33. The number of carboxylic acids is 1. The van der Waals surface area contributed by atoms with E-state index in [2.05, 4.69) is 4.98 Å². The molecule has 1 aromatic rings. The molecule has 0 unspecified atom stereocenters. The van der Waals surface area contributed by atoms with Gasteiger partial charge >= 0.3 is 11.7 Å². The number of benzene rings is 1. The first-order valence-corrected chi connectivity index (χ1v) is 5.11. The van der Waals surface area contributed by atoms with Gasteiger partial charge in [0.2, 0.25) is 5.39 Å². The van der Waals surface area contributed by atoms with Crippen LogP contribution >= 0.6 is 0 Å². The molecular formula is C11H14ClN3O2. The minimum absolute atomic E-state index is 0. The molecule has 1 N–H and O–H groups in total. The van der Waals surface area contributed by atoms with Gasteiger partial charge in [-0.05, 0) is 26.0 Å². The zero-order valence-corrected chi connectivity index (χ0v) is 10.5. The van der Waals surface area contributed by atoms with E-state index in [1.807, 2.05) is 18.7 Å². The average molecular weight is 256 g/mol. The highest BCUT2D eigenvalue weighted by atomic mass is 35.5. The molecule has 1 rings (SSSR count). The second-order valence-corrected chi connectivity index (χ2v) is 3.28. The van der Waals surface area contributed by atoms with Gasteiger partial charge in [0.25, 0.3) is 0 Å². The van der Waals surface area contributed by atoms with Crippen molar-refractivity contribution in [1.29, 1.82) is 5.39 Å². The molecule has 17 heavy (non-hydrogen) atoms. The van der Waals surface area contributed by atoms with Gasteiger partial charge in [0.05, 0.1) is 0 Å². The van der Waals surface area contributed by atoms with Crippen molar-refractivity contribution in [1.82, 2.24) is 0 Å². The number of hydrogen-bond acceptors (Lipinski definition) is 3. The molecule has 0 aliphatic carbocycles. The van der Waals surface area contributed by atoms with E-state index in [1.165, 1.54) is 12.1 Å². The third-order valence-corrected chi connectivity index (χ3v) is 2.45. The van der Waals surface area contributed by atoms with E-state index in [0.29, 0.717) is 0 Å². The Labute approximate surface area is 106 Å². The smallest absolute Gasteiger partial charge is 0.399 e. The first-order chi connectivity index (χ1) is 7.63. The Morgan fingerprint density at radius 1 is 1.41 bits per heavy atom. The van der Waals surface area contributed by atoms with Crippen LogP contribution in [-0.2, 0) is 0 Å². The molecule has 0 radical (unpaired) electrons. The predicted octanol–water partition coefficient (Wildman–Crippen LogP) is -0.280. The van der Waals surface area contributed by atoms with E-state index in [4.69, 9.17) is 10.5 Å². The molecule has 0 bridgehead atoms. The van der Waals surface area contributed by atoms with Crippen molar-refractivity contribution in [3.8, 4) is 0 Å². The highest BCUT2D eigenvalue weighted by Crippen LogP contribution is 2.25. The fraction of sp³-hybridized carbons (Fsp3) is 0.364. The zero-order chi connectivity index (χ0) is 12.1. The lowest BCUT2D eigenvalue weighted by Crippen LogP contribution is -3.00. The molecule has 0 aromatic heterocycles. The Bertz CT molecular complexity index is 439. The second-order valence-electron chi connectivity index (χ2n) is 3.28. The Morgan fingerprint density at radius 3 is 2.41 bits per heavy atom. The molecule has 0 fully saturated rings. The number of carbonyl (C=O) groups is 1. The fourth-order valence-electron chi connectivity index (χ4n) is 1.57. The van der Waals surface area contributed by atoms with Crippen LogP contribution in [0.4, 0.5) is 11.4 Å². The SMILES string of the molecule is CCN(CC)c1ccc([N+]#N)c(C(=O)O)c1.[Cl-]. The first kappa shape index (κ1) is 15.2. The van der Waals surface area contributed by atoms with E-state index in [9.17, 15) is 4.79 Å². The van der Waals surface area contributed by atoms with Gasteiger partial charge in [-0.15, -0.1) is 0 Å². The van der Waals surface area contributed by atoms with Crippen LogP contribution in [0.3, 0.4) is 0 Å². The molecule has 0 saturated carbocycles. The minimum Gasteiger partial charge on any atom is -1.00 e. The van der Waals surface area contributed by atoms with E-state index in [0.717, 1.165) is 18.8 Å². The maximum absolute atomic E-state index is 10.9. The number of aromatic carboxylic acids is 1. The molecular weight excluding hydrogens is 242 g/mol. The number of diazo groups is 1. The molecule has 1 aromatic carbocycles. The molecule has 5 nitrogen and oxygen atoms in total. The molecule has 0 saturated heterocycles. The average Bonchev–Trinajstić information content (AvgIpc) is 2.30. The summed E-state index contributed by atoms with van der Waals surface area (Å²) in [5.41, 5.74) is 0.894. The Hall–Kier alpha value is -1.80. The summed E-state index contributed by atoms with van der Waals surface area (Å²) in [6.45, 7) is 5.58. The van der Waals surface area contributed by atoms with Crippen LogP contribution in [-0.4, -0.2) is 24.2 Å². The quantitative estimate of drug-likeness (QED) is 0.752. The molecule has 6 heteroatoms. The van der Waals surface area contributed by atoms with Crippen molar-refractivity contribution >= 4 is 17.3 Å². The van der Waals surface area contributed by atoms with Gasteiger partial charge in [-0.3, -0.25) is 0 Å². The lowest BCUT2D eigenvalue weighted by molar-refractivity contribution is -0.0000192. The number of hydrogen-bond donors (Lipinski definition) is 1. The van der Waals surface area contributed by atoms with Gasteiger partial charge in [-0.1, -0.05) is 0 Å². The standard InChI is InChI=1S/C11H13N3O2.ClH/c1-3-14(4-2)8-5-6-10(13-12)9(7-8)11(15)16;/h5-7H,3-4H2,1-2H3;1H. The molecule has 0 spiro atoms. The third-order valence-electron chi connectivity index (χ3n) is 2.45. The minimum atomic E-state index is -1.10. The van der Waals surface area contributed by atoms with Crippen LogP contribution in [0.1, 0.15) is 24.2 Å². The van der Waals surface area contributed by atoms with Gasteiger partial charge in [0.1, 0.15) is 0 Å². The summed E-state index contributed by atoms with van der Waals surface area (Å²) in [5.74, 6) is -1.10. The largest absolute Gasteiger partial charge is 1.00 e. The number of rotatable bonds is 4. The van der Waals surface area contributed by atoms with Gasteiger partial charge in [-0.25, -0.2) is 4.79 Å². The number of anilines is 1. The lowest BCUT2D eigenvalue weighted by Gasteiger charge is -2.20. The summed E-state index contributed by atoms with van der Waals surface area (Å²) < 4.78 is 0. The number of nitrogens with zero attached hydrogens (tertiary/aromatic N) is 3. The van der Waals surface area contributed by atoms with E-state index < -0.39 is 5.97 Å². The number of halogens is 1. The van der Waals surface area contributed by atoms with Crippen molar-refractivity contribution < 1.29 is 22.3 Å². The lowest BCUT2D eigenvalue weighted by atomic mass is 10.1. The zero-order valence-electron chi connectivity index (χ0n) is 9.72. The topological polar surface area (TPSA) is 68.7 Å². The monoisotopic (exact) mass is 255 g/mol. The van der Waals surface area contributed by atoms with Crippen LogP contribution in [0, 0.1) is 5.39 Å². The molecule has 0 atom stereocenters. The molecule has 0 amide bonds. The summed E-state index contributed by atoms with van der Waals surface area (Å²) in [4.78, 5) is 15.9. The van der Waals surface area contributed by atoms with Gasteiger partial charge in [0.15, 0.2) is 10.5 Å². The summed E-state index contributed by atoms with van der Waals surface area (Å²) in [5, 5.41) is 17.6. The van der Waals surface area contributed by atoms with Gasteiger partial charge in [0, 0.05) is 24.8 Å². The van der Waals surface area contributed by atoms with Crippen LogP contribution in [0.25, 0.3) is 4.98 Å². The van der Waals surface area contributed by atoms with Crippen molar-refractivity contribution in [2.24, 2.45) is 0 Å². The molecule has 92 valence electrons. The van der Waals surface area contributed by atoms with Crippen molar-refractivity contribution in [3.63, 3.8) is 0 Å². The summed E-state index contributed by atoms with van der Waals surface area (Å²) in [7, 11) is 0. The fourth-order valence-corrected chi connectivity index (χ4v) is 1.57. The predicted molar refractivity (Wildman–Crippen MR) is 61.7 cm³/mol. The van der Waals surface area contributed by atoms with E-state index in [1.54, 1.807) is 6.07 Å². The highest BCUT2D eigenvalue weighted by molar-refractivity contribution is 5.95. The summed E-state index contributed by atoms with van der Waals surface area (Å²) >= 11 is 0. The van der Waals surface area contributed by atoms with Gasteiger partial charge in [-0.2, -0.15) is 0 Å². The van der Waals surface area contributed by atoms with Crippen LogP contribution in [0.15, 0.2) is 18.2 Å². The normalized spacial score (nSPS) is 9.00. The summed E-state index contributed by atoms with van der Waals surface area (Å²) in [6.07, 6.45) is 0. The van der Waals surface area contributed by atoms with E-state index in [-0.39, 0.29) is 23.7 Å². The molecule has 0 aliphatic rings. The Morgan fingerprint density at radius 2 is 2.00 bits per heavy atom. The maximum Gasteiger partial charge on any atom is 0.399 e. The second kappa shape index (κ2) is 6.71. The summed E-state index contributed by atoms with van der Waals surface area (Å²) in [6, 6.07) is 4.76. The molecule has 0 heterocycles. The van der Waals surface area contributed by atoms with Crippen molar-refractivity contribution in [2.75, 3.05) is 18.0 Å².